The summed E-state index contributed by atoms with van der Waals surface area (Å²) in [5.74, 6) is 1.12. The molecule has 92 valence electrons. The van der Waals surface area contributed by atoms with Gasteiger partial charge in [-0.1, -0.05) is 13.3 Å². The number of hydrogen-bond donors (Lipinski definition) is 1. The van der Waals surface area contributed by atoms with Gasteiger partial charge in [0, 0.05) is 24.8 Å². The van der Waals surface area contributed by atoms with E-state index in [9.17, 15) is 0 Å². The van der Waals surface area contributed by atoms with Crippen molar-refractivity contribution in [1.29, 1.82) is 0 Å². The largest absolute Gasteiger partial charge is 0.331 e. The first-order valence-corrected chi connectivity index (χ1v) is 6.20. The van der Waals surface area contributed by atoms with Gasteiger partial charge in [0.25, 0.3) is 0 Å². The maximum atomic E-state index is 4.39. The van der Waals surface area contributed by atoms with E-state index in [0.29, 0.717) is 0 Å². The van der Waals surface area contributed by atoms with E-state index >= 15 is 0 Å². The summed E-state index contributed by atoms with van der Waals surface area (Å²) in [5, 5.41) is 3.51. The van der Waals surface area contributed by atoms with Gasteiger partial charge in [-0.15, -0.1) is 0 Å². The third-order valence-corrected chi connectivity index (χ3v) is 2.67. The molecule has 0 aliphatic rings. The second-order valence-corrected chi connectivity index (χ2v) is 5.41. The average Bonchev–Trinajstić information content (AvgIpc) is 2.52. The quantitative estimate of drug-likeness (QED) is 0.832. The molecule has 0 aliphatic carbocycles. The monoisotopic (exact) mass is 223 g/mol. The van der Waals surface area contributed by atoms with E-state index in [2.05, 4.69) is 49.5 Å². The van der Waals surface area contributed by atoms with E-state index < -0.39 is 0 Å². The number of nitrogens with zero attached hydrogens (tertiary/aromatic N) is 2. The van der Waals surface area contributed by atoms with Crippen LogP contribution in [0.25, 0.3) is 0 Å². The van der Waals surface area contributed by atoms with Crippen LogP contribution in [0.3, 0.4) is 0 Å². The van der Waals surface area contributed by atoms with Crippen LogP contribution in [0.2, 0.25) is 0 Å². The second kappa shape index (κ2) is 5.48. The van der Waals surface area contributed by atoms with Gasteiger partial charge in [0.2, 0.25) is 0 Å². The van der Waals surface area contributed by atoms with Crippen LogP contribution >= 0.6 is 0 Å². The van der Waals surface area contributed by atoms with E-state index in [1.54, 1.807) is 0 Å². The lowest BCUT2D eigenvalue weighted by atomic mass is 10.1. The molecular weight excluding hydrogens is 198 g/mol. The highest BCUT2D eigenvalue weighted by molar-refractivity contribution is 5.04. The first-order chi connectivity index (χ1) is 7.44. The molecule has 16 heavy (non-hydrogen) atoms. The van der Waals surface area contributed by atoms with Gasteiger partial charge < -0.3 is 9.88 Å². The molecule has 0 saturated heterocycles. The zero-order valence-corrected chi connectivity index (χ0v) is 11.3. The first kappa shape index (κ1) is 13.2. The molecule has 1 N–H and O–H groups in total. The molecule has 0 unspecified atom stereocenters. The van der Waals surface area contributed by atoms with Crippen molar-refractivity contribution < 1.29 is 0 Å². The molecule has 0 atom stereocenters. The van der Waals surface area contributed by atoms with Gasteiger partial charge in [0.1, 0.15) is 5.82 Å². The lowest BCUT2D eigenvalue weighted by Gasteiger charge is -2.21. The SMILES string of the molecule is CCCCn1c(CNC(C)(C)C)cnc1C. The van der Waals surface area contributed by atoms with Crippen LogP contribution in [0.4, 0.5) is 0 Å². The lowest BCUT2D eigenvalue weighted by Crippen LogP contribution is -2.35. The summed E-state index contributed by atoms with van der Waals surface area (Å²) in [6.45, 7) is 12.8. The molecule has 0 radical (unpaired) electrons. The molecule has 0 bridgehead atoms. The Bertz CT molecular complexity index is 320. The van der Waals surface area contributed by atoms with E-state index in [4.69, 9.17) is 0 Å². The van der Waals surface area contributed by atoms with Crippen LogP contribution in [0.5, 0.6) is 0 Å². The van der Waals surface area contributed by atoms with Crippen molar-refractivity contribution in [2.45, 2.75) is 66.1 Å². The number of rotatable bonds is 5. The molecule has 1 heterocycles. The Morgan fingerprint density at radius 2 is 2.06 bits per heavy atom. The Balaban J connectivity index is 2.65. The standard InChI is InChI=1S/C13H25N3/c1-6-7-8-16-11(2)14-9-12(16)10-15-13(3,4)5/h9,15H,6-8,10H2,1-5H3. The number of unbranched alkanes of at least 4 members (excludes halogenated alkanes) is 1. The molecule has 0 aromatic carbocycles. The Morgan fingerprint density at radius 3 is 2.62 bits per heavy atom. The van der Waals surface area contributed by atoms with E-state index in [-0.39, 0.29) is 5.54 Å². The van der Waals surface area contributed by atoms with E-state index in [1.807, 2.05) is 6.20 Å². The molecule has 3 nitrogen and oxygen atoms in total. The van der Waals surface area contributed by atoms with Crippen molar-refractivity contribution >= 4 is 0 Å². The Hall–Kier alpha value is -0.830. The maximum absolute atomic E-state index is 4.39. The molecule has 1 rings (SSSR count). The summed E-state index contributed by atoms with van der Waals surface area (Å²) in [6.07, 6.45) is 4.44. The fourth-order valence-corrected chi connectivity index (χ4v) is 1.63. The van der Waals surface area contributed by atoms with Crippen molar-refractivity contribution in [3.05, 3.63) is 17.7 Å². The minimum Gasteiger partial charge on any atom is -0.331 e. The summed E-state index contributed by atoms with van der Waals surface area (Å²) >= 11 is 0. The number of aryl methyl sites for hydroxylation is 1. The minimum absolute atomic E-state index is 0.160. The van der Waals surface area contributed by atoms with Gasteiger partial charge in [0.15, 0.2) is 0 Å². The maximum Gasteiger partial charge on any atom is 0.105 e. The van der Waals surface area contributed by atoms with Crippen LogP contribution in [0.15, 0.2) is 6.20 Å². The minimum atomic E-state index is 0.160. The van der Waals surface area contributed by atoms with Gasteiger partial charge >= 0.3 is 0 Å². The zero-order chi connectivity index (χ0) is 12.2. The second-order valence-electron chi connectivity index (χ2n) is 5.41. The van der Waals surface area contributed by atoms with Crippen molar-refractivity contribution in [3.8, 4) is 0 Å². The molecule has 3 heteroatoms. The van der Waals surface area contributed by atoms with Crippen molar-refractivity contribution in [3.63, 3.8) is 0 Å². The predicted octanol–water partition coefficient (Wildman–Crippen LogP) is 2.88. The fraction of sp³-hybridized carbons (Fsp3) is 0.769. The molecular formula is C13H25N3. The Labute approximate surface area is 99.3 Å². The number of aromatic nitrogens is 2. The first-order valence-electron chi connectivity index (χ1n) is 6.20. The van der Waals surface area contributed by atoms with Crippen molar-refractivity contribution in [2.24, 2.45) is 0 Å². The Kier molecular flexibility index (Phi) is 4.54. The van der Waals surface area contributed by atoms with Crippen molar-refractivity contribution in [1.82, 2.24) is 14.9 Å². The average molecular weight is 223 g/mol. The molecule has 1 aromatic rings. The molecule has 0 spiro atoms. The Morgan fingerprint density at radius 1 is 1.38 bits per heavy atom. The summed E-state index contributed by atoms with van der Waals surface area (Å²) < 4.78 is 2.32. The normalized spacial score (nSPS) is 12.1. The van der Waals surface area contributed by atoms with Crippen LogP contribution in [-0.4, -0.2) is 15.1 Å². The molecule has 0 saturated carbocycles. The fourth-order valence-electron chi connectivity index (χ4n) is 1.63. The van der Waals surface area contributed by atoms with Crippen LogP contribution in [0.1, 0.15) is 52.1 Å². The number of nitrogens with one attached hydrogen (secondary N) is 1. The smallest absolute Gasteiger partial charge is 0.105 e. The van der Waals surface area contributed by atoms with Gasteiger partial charge in [-0.05, 0) is 34.1 Å². The van der Waals surface area contributed by atoms with Gasteiger partial charge in [-0.25, -0.2) is 4.98 Å². The highest BCUT2D eigenvalue weighted by atomic mass is 15.1. The zero-order valence-electron chi connectivity index (χ0n) is 11.3. The lowest BCUT2D eigenvalue weighted by molar-refractivity contribution is 0.414. The van der Waals surface area contributed by atoms with Crippen molar-refractivity contribution in [2.75, 3.05) is 0 Å². The molecule has 1 aromatic heterocycles. The predicted molar refractivity (Wildman–Crippen MR) is 68.5 cm³/mol. The van der Waals surface area contributed by atoms with Crippen LogP contribution in [0, 0.1) is 6.92 Å². The van der Waals surface area contributed by atoms with Gasteiger partial charge in [-0.2, -0.15) is 0 Å². The highest BCUT2D eigenvalue weighted by Crippen LogP contribution is 2.09. The van der Waals surface area contributed by atoms with E-state index in [0.717, 1.165) is 18.9 Å². The third kappa shape index (κ3) is 3.97. The van der Waals surface area contributed by atoms with Gasteiger partial charge in [0.05, 0.1) is 5.69 Å². The molecule has 0 aliphatic heterocycles. The summed E-state index contributed by atoms with van der Waals surface area (Å²) in [5.41, 5.74) is 1.45. The van der Waals surface area contributed by atoms with Gasteiger partial charge in [-0.3, -0.25) is 0 Å². The van der Waals surface area contributed by atoms with Crippen LogP contribution in [-0.2, 0) is 13.1 Å². The highest BCUT2D eigenvalue weighted by Gasteiger charge is 2.11. The van der Waals surface area contributed by atoms with Crippen LogP contribution < -0.4 is 5.32 Å². The number of hydrogen-bond acceptors (Lipinski definition) is 2. The summed E-state index contributed by atoms with van der Waals surface area (Å²) in [6, 6.07) is 0. The molecule has 0 amide bonds. The summed E-state index contributed by atoms with van der Waals surface area (Å²) in [7, 11) is 0. The van der Waals surface area contributed by atoms with E-state index in [1.165, 1.54) is 18.5 Å². The number of imidazole rings is 1. The molecule has 0 fully saturated rings. The third-order valence-electron chi connectivity index (χ3n) is 2.67. The summed E-state index contributed by atoms with van der Waals surface area (Å²) in [4.78, 5) is 4.39. The topological polar surface area (TPSA) is 29.9 Å².